The van der Waals surface area contributed by atoms with Crippen LogP contribution in [0.25, 0.3) is 0 Å². The van der Waals surface area contributed by atoms with Crippen LogP contribution in [-0.4, -0.2) is 10.2 Å². The fourth-order valence-corrected chi connectivity index (χ4v) is 1.60. The van der Waals surface area contributed by atoms with E-state index in [1.54, 1.807) is 6.92 Å². The number of hydrogen-bond acceptors (Lipinski definition) is 4. The Morgan fingerprint density at radius 3 is 2.65 bits per heavy atom. The first-order valence-corrected chi connectivity index (χ1v) is 5.81. The summed E-state index contributed by atoms with van der Waals surface area (Å²) in [5.41, 5.74) is 3.30. The predicted octanol–water partition coefficient (Wildman–Crippen LogP) is 3.73. The van der Waals surface area contributed by atoms with Crippen LogP contribution in [0.2, 0.25) is 0 Å². The van der Waals surface area contributed by atoms with Gasteiger partial charge in [-0.15, -0.1) is 16.7 Å². The minimum atomic E-state index is -0.280. The van der Waals surface area contributed by atoms with E-state index in [0.29, 0.717) is 11.9 Å². The Bertz CT molecular complexity index is 522. The van der Waals surface area contributed by atoms with Crippen LogP contribution in [0.1, 0.15) is 29.3 Å². The maximum absolute atomic E-state index is 5.85. The zero-order chi connectivity index (χ0) is 12.4. The molecule has 1 N–H and O–H groups in total. The topological polar surface area (TPSA) is 51.0 Å². The lowest BCUT2D eigenvalue weighted by molar-refractivity contribution is 0.510. The molecule has 1 atom stereocenters. The average molecular weight is 252 g/mol. The minimum absolute atomic E-state index is 0.280. The molecule has 1 aromatic heterocycles. The van der Waals surface area contributed by atoms with E-state index in [1.807, 2.05) is 19.1 Å². The lowest BCUT2D eigenvalue weighted by Crippen LogP contribution is -1.93. The van der Waals surface area contributed by atoms with Crippen LogP contribution in [0.5, 0.6) is 0 Å². The molecule has 0 saturated heterocycles. The van der Waals surface area contributed by atoms with Crippen LogP contribution in [0, 0.1) is 13.8 Å². The van der Waals surface area contributed by atoms with Gasteiger partial charge in [-0.25, -0.2) is 0 Å². The van der Waals surface area contributed by atoms with Crippen molar-refractivity contribution < 1.29 is 4.42 Å². The van der Waals surface area contributed by atoms with E-state index in [1.165, 1.54) is 5.56 Å². The second-order valence-electron chi connectivity index (χ2n) is 4.00. The van der Waals surface area contributed by atoms with Crippen molar-refractivity contribution in [3.63, 3.8) is 0 Å². The zero-order valence-electron chi connectivity index (χ0n) is 9.99. The Morgan fingerprint density at radius 1 is 1.29 bits per heavy atom. The standard InChI is InChI=1S/C12H14ClN3O/c1-7-4-5-10(8(2)6-7)14-12-16-15-11(17-12)9(3)13/h4-6,9H,1-3H3,(H,14,16). The van der Waals surface area contributed by atoms with Crippen LogP contribution in [0.3, 0.4) is 0 Å². The summed E-state index contributed by atoms with van der Waals surface area (Å²) < 4.78 is 5.37. The second kappa shape index (κ2) is 4.75. The first kappa shape index (κ1) is 11.9. The van der Waals surface area contributed by atoms with Crippen molar-refractivity contribution >= 4 is 23.3 Å². The Balaban J connectivity index is 2.19. The van der Waals surface area contributed by atoms with Gasteiger partial charge in [-0.3, -0.25) is 0 Å². The highest BCUT2D eigenvalue weighted by atomic mass is 35.5. The molecule has 1 unspecified atom stereocenters. The van der Waals surface area contributed by atoms with Gasteiger partial charge in [-0.05, 0) is 32.4 Å². The number of hydrogen-bond donors (Lipinski definition) is 1. The maximum atomic E-state index is 5.85. The van der Waals surface area contributed by atoms with Gasteiger partial charge in [0.1, 0.15) is 5.38 Å². The third kappa shape index (κ3) is 2.77. The van der Waals surface area contributed by atoms with E-state index in [-0.39, 0.29) is 5.38 Å². The van der Waals surface area contributed by atoms with Gasteiger partial charge >= 0.3 is 6.01 Å². The van der Waals surface area contributed by atoms with E-state index in [4.69, 9.17) is 16.0 Å². The monoisotopic (exact) mass is 251 g/mol. The van der Waals surface area contributed by atoms with E-state index in [9.17, 15) is 0 Å². The van der Waals surface area contributed by atoms with E-state index < -0.39 is 0 Å². The zero-order valence-corrected chi connectivity index (χ0v) is 10.7. The molecule has 0 spiro atoms. The van der Waals surface area contributed by atoms with Gasteiger partial charge < -0.3 is 9.73 Å². The number of anilines is 2. The van der Waals surface area contributed by atoms with Crippen molar-refractivity contribution in [2.24, 2.45) is 0 Å². The van der Waals surface area contributed by atoms with Gasteiger partial charge in [0.05, 0.1) is 0 Å². The summed E-state index contributed by atoms with van der Waals surface area (Å²) in [5, 5.41) is 10.5. The molecule has 1 heterocycles. The number of alkyl halides is 1. The number of aryl methyl sites for hydroxylation is 2. The minimum Gasteiger partial charge on any atom is -0.406 e. The molecule has 17 heavy (non-hydrogen) atoms. The largest absolute Gasteiger partial charge is 0.406 e. The lowest BCUT2D eigenvalue weighted by atomic mass is 10.1. The molecule has 0 aliphatic heterocycles. The van der Waals surface area contributed by atoms with E-state index >= 15 is 0 Å². The molecule has 2 aromatic rings. The molecule has 0 fully saturated rings. The highest BCUT2D eigenvalue weighted by Gasteiger charge is 2.11. The van der Waals surface area contributed by atoms with Gasteiger partial charge in [0.15, 0.2) is 0 Å². The normalized spacial score (nSPS) is 12.5. The van der Waals surface area contributed by atoms with Gasteiger partial charge in [0.2, 0.25) is 5.89 Å². The average Bonchev–Trinajstić information content (AvgIpc) is 2.71. The molecule has 0 saturated carbocycles. The van der Waals surface area contributed by atoms with Gasteiger partial charge in [0.25, 0.3) is 0 Å². The molecule has 0 aliphatic carbocycles. The first-order valence-electron chi connectivity index (χ1n) is 5.38. The van der Waals surface area contributed by atoms with Crippen molar-refractivity contribution in [2.75, 3.05) is 5.32 Å². The number of aromatic nitrogens is 2. The number of benzene rings is 1. The van der Waals surface area contributed by atoms with Gasteiger partial charge in [0, 0.05) is 5.69 Å². The summed E-state index contributed by atoms with van der Waals surface area (Å²) in [4.78, 5) is 0. The van der Waals surface area contributed by atoms with Crippen molar-refractivity contribution in [1.82, 2.24) is 10.2 Å². The Morgan fingerprint density at radius 2 is 2.06 bits per heavy atom. The summed E-state index contributed by atoms with van der Waals surface area (Å²) >= 11 is 5.85. The van der Waals surface area contributed by atoms with Crippen molar-refractivity contribution in [3.05, 3.63) is 35.2 Å². The Hall–Kier alpha value is -1.55. The number of nitrogens with zero attached hydrogens (tertiary/aromatic N) is 2. The van der Waals surface area contributed by atoms with E-state index in [2.05, 4.69) is 28.5 Å². The summed E-state index contributed by atoms with van der Waals surface area (Å²) in [6, 6.07) is 6.46. The quantitative estimate of drug-likeness (QED) is 0.845. The first-order chi connectivity index (χ1) is 8.06. The number of halogens is 1. The van der Waals surface area contributed by atoms with Crippen molar-refractivity contribution in [2.45, 2.75) is 26.1 Å². The Labute approximate surface area is 105 Å². The van der Waals surface area contributed by atoms with Gasteiger partial charge in [-0.1, -0.05) is 22.8 Å². The van der Waals surface area contributed by atoms with Crippen LogP contribution in [0.15, 0.2) is 22.6 Å². The molecule has 2 rings (SSSR count). The van der Waals surface area contributed by atoms with Gasteiger partial charge in [-0.2, -0.15) is 0 Å². The molecule has 5 heteroatoms. The van der Waals surface area contributed by atoms with E-state index in [0.717, 1.165) is 11.3 Å². The summed E-state index contributed by atoms with van der Waals surface area (Å²) in [7, 11) is 0. The maximum Gasteiger partial charge on any atom is 0.320 e. The lowest BCUT2D eigenvalue weighted by Gasteiger charge is -2.06. The molecule has 0 aliphatic rings. The van der Waals surface area contributed by atoms with Crippen LogP contribution < -0.4 is 5.32 Å². The highest BCUT2D eigenvalue weighted by molar-refractivity contribution is 6.20. The smallest absolute Gasteiger partial charge is 0.320 e. The summed E-state index contributed by atoms with van der Waals surface area (Å²) in [6.07, 6.45) is 0. The fraction of sp³-hybridized carbons (Fsp3) is 0.333. The molecule has 1 aromatic carbocycles. The highest BCUT2D eigenvalue weighted by Crippen LogP contribution is 2.23. The number of nitrogens with one attached hydrogen (secondary N) is 1. The van der Waals surface area contributed by atoms with Crippen molar-refractivity contribution in [3.8, 4) is 0 Å². The third-order valence-electron chi connectivity index (χ3n) is 2.40. The summed E-state index contributed by atoms with van der Waals surface area (Å²) in [5.74, 6) is 0.416. The van der Waals surface area contributed by atoms with Crippen LogP contribution in [0.4, 0.5) is 11.7 Å². The molecule has 0 bridgehead atoms. The molecule has 0 amide bonds. The molecule has 4 nitrogen and oxygen atoms in total. The van der Waals surface area contributed by atoms with Crippen LogP contribution >= 0.6 is 11.6 Å². The molecule has 0 radical (unpaired) electrons. The third-order valence-corrected chi connectivity index (χ3v) is 2.59. The van der Waals surface area contributed by atoms with Crippen LogP contribution in [-0.2, 0) is 0 Å². The molecular formula is C12H14ClN3O. The number of rotatable bonds is 3. The fourth-order valence-electron chi connectivity index (χ4n) is 1.51. The predicted molar refractivity (Wildman–Crippen MR) is 67.8 cm³/mol. The second-order valence-corrected chi connectivity index (χ2v) is 4.66. The summed E-state index contributed by atoms with van der Waals surface area (Å²) in [6.45, 7) is 5.86. The van der Waals surface area contributed by atoms with Crippen molar-refractivity contribution in [1.29, 1.82) is 0 Å². The molecular weight excluding hydrogens is 238 g/mol. The Kier molecular flexibility index (Phi) is 3.33. The SMILES string of the molecule is Cc1ccc(Nc2nnc(C(C)Cl)o2)c(C)c1. The molecule has 90 valence electrons.